The molecule has 21 heavy (non-hydrogen) atoms. The molecule has 2 aliphatic rings. The normalized spacial score (nSPS) is 23.0. The van der Waals surface area contributed by atoms with Crippen LogP contribution in [0.15, 0.2) is 0 Å². The van der Waals surface area contributed by atoms with Gasteiger partial charge in [0.2, 0.25) is 0 Å². The average molecular weight is 308 g/mol. The molecule has 1 atom stereocenters. The molecule has 0 aromatic carbocycles. The van der Waals surface area contributed by atoms with Gasteiger partial charge in [0.25, 0.3) is 0 Å². The Morgan fingerprint density at radius 2 is 2.05 bits per heavy atom. The molecule has 2 fully saturated rings. The van der Waals surface area contributed by atoms with E-state index in [9.17, 15) is 4.79 Å². The zero-order chi connectivity index (χ0) is 15.0. The summed E-state index contributed by atoms with van der Waals surface area (Å²) < 4.78 is 4.89. The Labute approximate surface area is 130 Å². The minimum absolute atomic E-state index is 0.297. The molecule has 1 aliphatic carbocycles. The summed E-state index contributed by atoms with van der Waals surface area (Å²) in [5.74, 6) is 1.04. The average Bonchev–Trinajstić information content (AvgIpc) is 3.27. The summed E-state index contributed by atoms with van der Waals surface area (Å²) in [5.41, 5.74) is 8.16. The van der Waals surface area contributed by atoms with Gasteiger partial charge in [0, 0.05) is 18.7 Å². The molecule has 0 radical (unpaired) electrons. The first kappa shape index (κ1) is 14.7. The van der Waals surface area contributed by atoms with Crippen LogP contribution < -0.4 is 10.6 Å². The number of nitrogens with zero attached hydrogens (tertiary/aromatic N) is 1. The summed E-state index contributed by atoms with van der Waals surface area (Å²) in [4.78, 5) is 15.0. The van der Waals surface area contributed by atoms with E-state index in [1.165, 1.54) is 61.1 Å². The van der Waals surface area contributed by atoms with E-state index in [0.717, 1.165) is 19.0 Å². The minimum atomic E-state index is -0.297. The fraction of sp³-hybridized carbons (Fsp3) is 0.688. The van der Waals surface area contributed by atoms with Crippen LogP contribution in [0.3, 0.4) is 0 Å². The van der Waals surface area contributed by atoms with Crippen LogP contribution in [0.5, 0.6) is 0 Å². The number of hydrogen-bond acceptors (Lipinski definition) is 5. The standard InChI is InChI=1S/C16H24N2O2S/c1-10-4-3-8-18(9-7-10)15-12(11-5-6-11)13(17)14(21-15)16(19)20-2/h10-11H,3-9,17H2,1-2H3. The summed E-state index contributed by atoms with van der Waals surface area (Å²) in [6.07, 6.45) is 6.11. The van der Waals surface area contributed by atoms with E-state index in [1.54, 1.807) is 0 Å². The molecule has 1 aromatic heterocycles. The zero-order valence-electron chi connectivity index (χ0n) is 12.9. The Morgan fingerprint density at radius 3 is 2.71 bits per heavy atom. The Kier molecular flexibility index (Phi) is 4.11. The molecule has 0 amide bonds. The van der Waals surface area contributed by atoms with E-state index in [-0.39, 0.29) is 5.97 Å². The lowest BCUT2D eigenvalue weighted by molar-refractivity contribution is 0.0607. The number of nitrogen functional groups attached to an aromatic ring is 1. The monoisotopic (exact) mass is 308 g/mol. The van der Waals surface area contributed by atoms with Gasteiger partial charge in [-0.2, -0.15) is 0 Å². The van der Waals surface area contributed by atoms with Crippen LogP contribution >= 0.6 is 11.3 Å². The molecule has 3 rings (SSSR count). The summed E-state index contributed by atoms with van der Waals surface area (Å²) >= 11 is 1.53. The molecule has 0 bridgehead atoms. The molecule has 0 spiro atoms. The van der Waals surface area contributed by atoms with Crippen molar-refractivity contribution in [1.29, 1.82) is 0 Å². The van der Waals surface area contributed by atoms with Crippen LogP contribution in [0.25, 0.3) is 0 Å². The van der Waals surface area contributed by atoms with Gasteiger partial charge >= 0.3 is 5.97 Å². The zero-order valence-corrected chi connectivity index (χ0v) is 13.7. The van der Waals surface area contributed by atoms with Crippen molar-refractivity contribution in [3.05, 3.63) is 10.4 Å². The van der Waals surface area contributed by atoms with Gasteiger partial charge in [-0.25, -0.2) is 4.79 Å². The van der Waals surface area contributed by atoms with Crippen molar-refractivity contribution in [3.8, 4) is 0 Å². The second-order valence-electron chi connectivity index (χ2n) is 6.35. The quantitative estimate of drug-likeness (QED) is 0.867. The van der Waals surface area contributed by atoms with Gasteiger partial charge in [0.1, 0.15) is 4.88 Å². The van der Waals surface area contributed by atoms with Crippen LogP contribution in [-0.2, 0) is 4.74 Å². The first-order valence-electron chi connectivity index (χ1n) is 7.87. The van der Waals surface area contributed by atoms with Crippen LogP contribution in [0, 0.1) is 5.92 Å². The predicted octanol–water partition coefficient (Wildman–Crippen LogP) is 3.62. The van der Waals surface area contributed by atoms with Crippen molar-refractivity contribution < 1.29 is 9.53 Å². The first-order chi connectivity index (χ1) is 10.1. The highest BCUT2D eigenvalue weighted by Gasteiger charge is 2.35. The van der Waals surface area contributed by atoms with Gasteiger partial charge in [0.15, 0.2) is 0 Å². The maximum Gasteiger partial charge on any atom is 0.350 e. The van der Waals surface area contributed by atoms with Crippen molar-refractivity contribution >= 4 is 28.0 Å². The summed E-state index contributed by atoms with van der Waals surface area (Å²) in [6, 6.07) is 0. The molecule has 1 saturated heterocycles. The first-order valence-corrected chi connectivity index (χ1v) is 8.68. The molecule has 5 heteroatoms. The number of thiophene rings is 1. The van der Waals surface area contributed by atoms with Crippen molar-refractivity contribution in [1.82, 2.24) is 0 Å². The van der Waals surface area contributed by atoms with E-state index >= 15 is 0 Å². The third-order valence-electron chi connectivity index (χ3n) is 4.62. The summed E-state index contributed by atoms with van der Waals surface area (Å²) in [5, 5.41) is 1.23. The molecular weight excluding hydrogens is 284 g/mol. The smallest absolute Gasteiger partial charge is 0.350 e. The third kappa shape index (κ3) is 2.89. The molecule has 1 saturated carbocycles. The van der Waals surface area contributed by atoms with Crippen molar-refractivity contribution in [2.45, 2.75) is 44.9 Å². The van der Waals surface area contributed by atoms with Crippen LogP contribution in [0.2, 0.25) is 0 Å². The predicted molar refractivity (Wildman–Crippen MR) is 87.3 cm³/mol. The topological polar surface area (TPSA) is 55.6 Å². The maximum atomic E-state index is 11.9. The Morgan fingerprint density at radius 1 is 1.29 bits per heavy atom. The number of nitrogens with two attached hydrogens (primary N) is 1. The number of rotatable bonds is 3. The van der Waals surface area contributed by atoms with Gasteiger partial charge in [-0.05, 0) is 43.9 Å². The van der Waals surface area contributed by atoms with Crippen LogP contribution in [0.1, 0.15) is 60.2 Å². The van der Waals surface area contributed by atoms with Gasteiger partial charge in [-0.15, -0.1) is 11.3 Å². The Bertz CT molecular complexity index is 537. The van der Waals surface area contributed by atoms with Crippen LogP contribution in [0.4, 0.5) is 10.7 Å². The van der Waals surface area contributed by atoms with Gasteiger partial charge < -0.3 is 15.4 Å². The lowest BCUT2D eigenvalue weighted by Crippen LogP contribution is -2.24. The van der Waals surface area contributed by atoms with Gasteiger partial charge in [0.05, 0.1) is 17.8 Å². The number of carbonyl (C=O) groups is 1. The fourth-order valence-corrected chi connectivity index (χ4v) is 4.43. The molecule has 1 aliphatic heterocycles. The molecular formula is C16H24N2O2S. The molecule has 116 valence electrons. The summed E-state index contributed by atoms with van der Waals surface area (Å²) in [6.45, 7) is 4.47. The highest BCUT2D eigenvalue weighted by molar-refractivity contribution is 7.18. The molecule has 1 aromatic rings. The van der Waals surface area contributed by atoms with E-state index in [1.807, 2.05) is 0 Å². The molecule has 1 unspecified atom stereocenters. The highest BCUT2D eigenvalue weighted by atomic mass is 32.1. The highest BCUT2D eigenvalue weighted by Crippen LogP contribution is 2.52. The van der Waals surface area contributed by atoms with Crippen molar-refractivity contribution in [2.75, 3.05) is 30.8 Å². The molecule has 2 heterocycles. The van der Waals surface area contributed by atoms with Gasteiger partial charge in [-0.1, -0.05) is 6.92 Å². The Hall–Kier alpha value is -1.23. The van der Waals surface area contributed by atoms with Crippen LogP contribution in [-0.4, -0.2) is 26.2 Å². The van der Waals surface area contributed by atoms with Crippen molar-refractivity contribution in [3.63, 3.8) is 0 Å². The number of carbonyl (C=O) groups excluding carboxylic acids is 1. The largest absolute Gasteiger partial charge is 0.465 e. The second-order valence-corrected chi connectivity index (χ2v) is 7.35. The number of ether oxygens (including phenoxy) is 1. The molecule has 4 nitrogen and oxygen atoms in total. The summed E-state index contributed by atoms with van der Waals surface area (Å²) in [7, 11) is 1.42. The number of hydrogen-bond donors (Lipinski definition) is 1. The van der Waals surface area contributed by atoms with E-state index in [0.29, 0.717) is 16.5 Å². The fourth-order valence-electron chi connectivity index (χ4n) is 3.16. The van der Waals surface area contributed by atoms with E-state index in [2.05, 4.69) is 11.8 Å². The lowest BCUT2D eigenvalue weighted by atomic mass is 10.0. The molecule has 2 N–H and O–H groups in total. The minimum Gasteiger partial charge on any atom is -0.465 e. The van der Waals surface area contributed by atoms with E-state index in [4.69, 9.17) is 10.5 Å². The van der Waals surface area contributed by atoms with Crippen molar-refractivity contribution in [2.24, 2.45) is 5.92 Å². The second kappa shape index (κ2) is 5.87. The lowest BCUT2D eigenvalue weighted by Gasteiger charge is -2.22. The Balaban J connectivity index is 1.94. The number of methoxy groups -OCH3 is 1. The van der Waals surface area contributed by atoms with Gasteiger partial charge in [-0.3, -0.25) is 0 Å². The third-order valence-corrected chi connectivity index (χ3v) is 5.89. The van der Waals surface area contributed by atoms with E-state index < -0.39 is 0 Å². The number of anilines is 2. The maximum absolute atomic E-state index is 11.9. The number of esters is 1. The SMILES string of the molecule is COC(=O)c1sc(N2CCCC(C)CC2)c(C2CC2)c1N.